The van der Waals surface area contributed by atoms with Crippen molar-refractivity contribution in [1.29, 1.82) is 0 Å². The summed E-state index contributed by atoms with van der Waals surface area (Å²) in [6.45, 7) is 6.38. The molecule has 24 heavy (non-hydrogen) atoms. The number of hydrogen-bond acceptors (Lipinski definition) is 4. The Bertz CT molecular complexity index is 525. The molecule has 2 atom stereocenters. The molecule has 0 aromatic heterocycles. The number of rotatable bonds is 8. The molecule has 3 N–H and O–H groups in total. The molecule has 0 saturated heterocycles. The molecule has 1 aromatic carbocycles. The van der Waals surface area contributed by atoms with Gasteiger partial charge in [-0.25, -0.2) is 0 Å². The number of amides is 1. The number of anilines is 1. The summed E-state index contributed by atoms with van der Waals surface area (Å²) >= 11 is 0. The Kier molecular flexibility index (Phi) is 9.29. The van der Waals surface area contributed by atoms with Crippen molar-refractivity contribution in [3.05, 3.63) is 29.3 Å². The van der Waals surface area contributed by atoms with Crippen LogP contribution in [-0.2, 0) is 20.9 Å². The molecule has 1 amide bonds. The fraction of sp³-hybridized carbons (Fsp3) is 0.611. The minimum Gasteiger partial charge on any atom is -0.379 e. The highest BCUT2D eigenvalue weighted by molar-refractivity contribution is 5.93. The minimum absolute atomic E-state index is 0. The van der Waals surface area contributed by atoms with Crippen LogP contribution in [0.15, 0.2) is 18.2 Å². The summed E-state index contributed by atoms with van der Waals surface area (Å²) in [5.74, 6) is 0.117. The number of ether oxygens (including phenoxy) is 2. The predicted octanol–water partition coefficient (Wildman–Crippen LogP) is 3.04. The van der Waals surface area contributed by atoms with Crippen molar-refractivity contribution in [3.8, 4) is 0 Å². The van der Waals surface area contributed by atoms with Crippen LogP contribution in [0.1, 0.15) is 37.3 Å². The molecule has 0 aliphatic heterocycles. The maximum absolute atomic E-state index is 12.3. The fourth-order valence-electron chi connectivity index (χ4n) is 2.91. The second kappa shape index (κ2) is 10.7. The Morgan fingerprint density at radius 1 is 1.29 bits per heavy atom. The third-order valence-electron chi connectivity index (χ3n) is 4.38. The predicted molar refractivity (Wildman–Crippen MR) is 98.5 cm³/mol. The lowest BCUT2D eigenvalue weighted by molar-refractivity contribution is -0.119. The van der Waals surface area contributed by atoms with Crippen LogP contribution in [0, 0.1) is 12.8 Å². The van der Waals surface area contributed by atoms with Crippen LogP contribution in [0.4, 0.5) is 5.69 Å². The smallest absolute Gasteiger partial charge is 0.227 e. The number of halogens is 1. The van der Waals surface area contributed by atoms with E-state index in [1.165, 1.54) is 0 Å². The molecule has 136 valence electrons. The van der Waals surface area contributed by atoms with E-state index in [9.17, 15) is 4.79 Å². The van der Waals surface area contributed by atoms with E-state index in [1.54, 1.807) is 0 Å². The van der Waals surface area contributed by atoms with Crippen molar-refractivity contribution >= 4 is 24.0 Å². The molecule has 2 unspecified atom stereocenters. The van der Waals surface area contributed by atoms with Crippen molar-refractivity contribution in [2.45, 2.75) is 45.8 Å². The number of nitrogens with two attached hydrogens (primary N) is 1. The van der Waals surface area contributed by atoms with Crippen LogP contribution >= 0.6 is 12.4 Å². The molecular weight excluding hydrogens is 328 g/mol. The number of nitrogens with one attached hydrogen (secondary N) is 1. The van der Waals surface area contributed by atoms with Gasteiger partial charge in [0.25, 0.3) is 0 Å². The monoisotopic (exact) mass is 356 g/mol. The summed E-state index contributed by atoms with van der Waals surface area (Å²) in [7, 11) is 0. The molecule has 2 rings (SSSR count). The molecule has 0 radical (unpaired) electrons. The highest BCUT2D eigenvalue weighted by Gasteiger charge is 2.28. The zero-order valence-corrected chi connectivity index (χ0v) is 15.4. The fourth-order valence-corrected chi connectivity index (χ4v) is 2.91. The third-order valence-corrected chi connectivity index (χ3v) is 4.38. The molecule has 1 aromatic rings. The topological polar surface area (TPSA) is 73.6 Å². The summed E-state index contributed by atoms with van der Waals surface area (Å²) < 4.78 is 10.9. The summed E-state index contributed by atoms with van der Waals surface area (Å²) in [6.07, 6.45) is 2.60. The molecule has 1 fully saturated rings. The average Bonchev–Trinajstić information content (AvgIpc) is 2.97. The van der Waals surface area contributed by atoms with Crippen LogP contribution in [0.25, 0.3) is 0 Å². The maximum atomic E-state index is 12.3. The summed E-state index contributed by atoms with van der Waals surface area (Å²) in [4.78, 5) is 12.3. The van der Waals surface area contributed by atoms with Gasteiger partial charge in [0.1, 0.15) is 0 Å². The first-order valence-corrected chi connectivity index (χ1v) is 8.42. The Hall–Kier alpha value is -1.14. The van der Waals surface area contributed by atoms with Gasteiger partial charge < -0.3 is 20.5 Å². The van der Waals surface area contributed by atoms with Gasteiger partial charge in [0.15, 0.2) is 0 Å². The zero-order valence-electron chi connectivity index (χ0n) is 14.5. The van der Waals surface area contributed by atoms with Gasteiger partial charge in [0, 0.05) is 24.3 Å². The van der Waals surface area contributed by atoms with Crippen molar-refractivity contribution < 1.29 is 14.3 Å². The molecular formula is C18H29ClN2O3. The van der Waals surface area contributed by atoms with Crippen LogP contribution in [-0.4, -0.2) is 31.8 Å². The van der Waals surface area contributed by atoms with Gasteiger partial charge in [-0.2, -0.15) is 0 Å². The number of carbonyl (C=O) groups excluding carboxylic acids is 1. The summed E-state index contributed by atoms with van der Waals surface area (Å²) in [5, 5.41) is 3.05. The van der Waals surface area contributed by atoms with Gasteiger partial charge in [-0.1, -0.05) is 12.1 Å². The first-order chi connectivity index (χ1) is 11.1. The lowest BCUT2D eigenvalue weighted by Gasteiger charge is -2.15. The molecule has 5 nitrogen and oxygen atoms in total. The Morgan fingerprint density at radius 2 is 2.04 bits per heavy atom. The highest BCUT2D eigenvalue weighted by Crippen LogP contribution is 2.27. The summed E-state index contributed by atoms with van der Waals surface area (Å²) in [5.41, 5.74) is 8.90. The van der Waals surface area contributed by atoms with Crippen LogP contribution in [0.3, 0.4) is 0 Å². The number of benzene rings is 1. The standard InChI is InChI=1S/C18H28N2O3.ClH/c1-3-22-9-10-23-12-15-5-4-6-17(13(15)2)20-18(21)14-7-8-16(19)11-14;/h4-6,14,16H,3,7-12,19H2,1-2H3,(H,20,21);1H. The maximum Gasteiger partial charge on any atom is 0.227 e. The molecule has 1 saturated carbocycles. The van der Waals surface area contributed by atoms with Crippen molar-refractivity contribution in [2.24, 2.45) is 11.7 Å². The third kappa shape index (κ3) is 6.06. The lowest BCUT2D eigenvalue weighted by Crippen LogP contribution is -2.23. The average molecular weight is 357 g/mol. The van der Waals surface area contributed by atoms with Gasteiger partial charge in [-0.3, -0.25) is 4.79 Å². The molecule has 1 aliphatic rings. The van der Waals surface area contributed by atoms with E-state index in [1.807, 2.05) is 32.0 Å². The van der Waals surface area contributed by atoms with Gasteiger partial charge in [0.05, 0.1) is 19.8 Å². The van der Waals surface area contributed by atoms with E-state index >= 15 is 0 Å². The zero-order chi connectivity index (χ0) is 16.7. The van der Waals surface area contributed by atoms with Gasteiger partial charge in [0.2, 0.25) is 5.91 Å². The van der Waals surface area contributed by atoms with Gasteiger partial charge in [-0.15, -0.1) is 12.4 Å². The van der Waals surface area contributed by atoms with Gasteiger partial charge in [-0.05, 0) is 50.3 Å². The van der Waals surface area contributed by atoms with Gasteiger partial charge >= 0.3 is 0 Å². The highest BCUT2D eigenvalue weighted by atomic mass is 35.5. The van der Waals surface area contributed by atoms with E-state index in [0.717, 1.165) is 36.1 Å². The quantitative estimate of drug-likeness (QED) is 0.702. The first-order valence-electron chi connectivity index (χ1n) is 8.42. The first kappa shape index (κ1) is 20.9. The Morgan fingerprint density at radius 3 is 2.71 bits per heavy atom. The Labute approximate surface area is 150 Å². The molecule has 0 heterocycles. The molecule has 6 heteroatoms. The SMILES string of the molecule is CCOCCOCc1cccc(NC(=O)C2CCC(N)C2)c1C.Cl. The Balaban J connectivity index is 0.00000288. The number of hydrogen-bond donors (Lipinski definition) is 2. The van der Waals surface area contributed by atoms with Crippen LogP contribution < -0.4 is 11.1 Å². The van der Waals surface area contributed by atoms with Crippen molar-refractivity contribution in [3.63, 3.8) is 0 Å². The van der Waals surface area contributed by atoms with E-state index in [4.69, 9.17) is 15.2 Å². The summed E-state index contributed by atoms with van der Waals surface area (Å²) in [6, 6.07) is 6.07. The second-order valence-electron chi connectivity index (χ2n) is 6.10. The van der Waals surface area contributed by atoms with Crippen LogP contribution in [0.5, 0.6) is 0 Å². The lowest BCUT2D eigenvalue weighted by atomic mass is 10.0. The number of carbonyl (C=O) groups is 1. The minimum atomic E-state index is 0. The molecule has 0 spiro atoms. The van der Waals surface area contributed by atoms with E-state index in [0.29, 0.717) is 26.4 Å². The van der Waals surface area contributed by atoms with Crippen molar-refractivity contribution in [1.82, 2.24) is 0 Å². The second-order valence-corrected chi connectivity index (χ2v) is 6.10. The largest absolute Gasteiger partial charge is 0.379 e. The normalized spacial score (nSPS) is 19.8. The van der Waals surface area contributed by atoms with E-state index in [-0.39, 0.29) is 30.3 Å². The van der Waals surface area contributed by atoms with E-state index < -0.39 is 0 Å². The molecule has 1 aliphatic carbocycles. The molecule has 0 bridgehead atoms. The van der Waals surface area contributed by atoms with Crippen molar-refractivity contribution in [2.75, 3.05) is 25.1 Å². The van der Waals surface area contributed by atoms with E-state index in [2.05, 4.69) is 5.32 Å². The van der Waals surface area contributed by atoms with Crippen LogP contribution in [0.2, 0.25) is 0 Å².